The molecule has 2 N–H and O–H groups in total. The van der Waals surface area contributed by atoms with Gasteiger partial charge < -0.3 is 20.3 Å². The summed E-state index contributed by atoms with van der Waals surface area (Å²) in [4.78, 5) is 9.03. The lowest BCUT2D eigenvalue weighted by Crippen LogP contribution is -2.50. The number of hydrogen-bond donors (Lipinski definition) is 2. The number of rotatable bonds is 8. The van der Waals surface area contributed by atoms with E-state index in [4.69, 9.17) is 4.74 Å². The van der Waals surface area contributed by atoms with E-state index >= 15 is 0 Å². The van der Waals surface area contributed by atoms with Crippen molar-refractivity contribution in [1.29, 1.82) is 0 Å². The van der Waals surface area contributed by atoms with Crippen molar-refractivity contribution in [1.82, 2.24) is 20.4 Å². The molecule has 0 amide bonds. The second-order valence-electron chi connectivity index (χ2n) is 6.42. The van der Waals surface area contributed by atoms with E-state index in [9.17, 15) is 0 Å². The number of morpholine rings is 1. The first-order chi connectivity index (χ1) is 10.5. The average molecular weight is 313 g/mol. The maximum Gasteiger partial charge on any atom is 0.191 e. The van der Waals surface area contributed by atoms with Crippen LogP contribution in [-0.4, -0.2) is 88.4 Å². The fourth-order valence-electron chi connectivity index (χ4n) is 2.54. The zero-order valence-corrected chi connectivity index (χ0v) is 15.1. The van der Waals surface area contributed by atoms with Crippen molar-refractivity contribution in [3.63, 3.8) is 0 Å². The number of aliphatic imine (C=N–C) groups is 1. The van der Waals surface area contributed by atoms with Crippen molar-refractivity contribution in [2.75, 3.05) is 66.5 Å². The monoisotopic (exact) mass is 313 g/mol. The van der Waals surface area contributed by atoms with Crippen LogP contribution in [0.1, 0.15) is 20.8 Å². The normalized spacial score (nSPS) is 20.7. The summed E-state index contributed by atoms with van der Waals surface area (Å²) in [5, 5.41) is 6.72. The van der Waals surface area contributed by atoms with E-state index in [1.807, 2.05) is 7.05 Å². The number of nitrogens with zero attached hydrogens (tertiary/aromatic N) is 3. The van der Waals surface area contributed by atoms with Crippen LogP contribution in [0.2, 0.25) is 0 Å². The van der Waals surface area contributed by atoms with Crippen LogP contribution in [-0.2, 0) is 4.74 Å². The Balaban J connectivity index is 2.24. The van der Waals surface area contributed by atoms with Gasteiger partial charge >= 0.3 is 0 Å². The number of hydrogen-bond acceptors (Lipinski definition) is 4. The minimum absolute atomic E-state index is 0.240. The van der Waals surface area contributed by atoms with Gasteiger partial charge in [-0.2, -0.15) is 0 Å². The summed E-state index contributed by atoms with van der Waals surface area (Å²) in [6.07, 6.45) is 0.240. The Labute approximate surface area is 136 Å². The summed E-state index contributed by atoms with van der Waals surface area (Å²) < 4.78 is 5.85. The molecule has 1 heterocycles. The lowest BCUT2D eigenvalue weighted by Gasteiger charge is -2.34. The Morgan fingerprint density at radius 1 is 1.41 bits per heavy atom. The first kappa shape index (κ1) is 19.2. The third kappa shape index (κ3) is 7.96. The van der Waals surface area contributed by atoms with Gasteiger partial charge in [-0.15, -0.1) is 0 Å². The van der Waals surface area contributed by atoms with Crippen LogP contribution in [0.25, 0.3) is 0 Å². The summed E-state index contributed by atoms with van der Waals surface area (Å²) in [5.41, 5.74) is 0. The molecule has 0 aliphatic carbocycles. The lowest BCUT2D eigenvalue weighted by atomic mass is 10.2. The molecular weight excluding hydrogens is 278 g/mol. The molecule has 1 aliphatic rings. The van der Waals surface area contributed by atoms with Gasteiger partial charge in [0.1, 0.15) is 0 Å². The van der Waals surface area contributed by atoms with Crippen molar-refractivity contribution in [2.24, 2.45) is 10.9 Å². The summed E-state index contributed by atoms with van der Waals surface area (Å²) in [5.74, 6) is 1.56. The molecule has 6 nitrogen and oxygen atoms in total. The molecule has 0 saturated carbocycles. The van der Waals surface area contributed by atoms with Crippen LogP contribution in [0.5, 0.6) is 0 Å². The molecular formula is C16H35N5O. The van der Waals surface area contributed by atoms with Crippen molar-refractivity contribution < 1.29 is 4.74 Å². The van der Waals surface area contributed by atoms with Gasteiger partial charge in [0.05, 0.1) is 12.7 Å². The molecule has 0 radical (unpaired) electrons. The molecule has 0 aromatic heterocycles. The van der Waals surface area contributed by atoms with Crippen molar-refractivity contribution in [3.8, 4) is 0 Å². The van der Waals surface area contributed by atoms with E-state index in [0.29, 0.717) is 5.92 Å². The van der Waals surface area contributed by atoms with Crippen LogP contribution in [0.15, 0.2) is 4.99 Å². The smallest absolute Gasteiger partial charge is 0.191 e. The van der Waals surface area contributed by atoms with Crippen LogP contribution in [0.3, 0.4) is 0 Å². The van der Waals surface area contributed by atoms with Gasteiger partial charge in [-0.3, -0.25) is 9.89 Å². The third-order valence-electron chi connectivity index (χ3n) is 3.89. The van der Waals surface area contributed by atoms with Gasteiger partial charge in [0, 0.05) is 46.3 Å². The van der Waals surface area contributed by atoms with E-state index in [1.54, 1.807) is 0 Å². The lowest BCUT2D eigenvalue weighted by molar-refractivity contribution is -0.0284. The molecule has 130 valence electrons. The number of likely N-dealkylation sites (N-methyl/N-ethyl adjacent to an activating group) is 1. The van der Waals surface area contributed by atoms with Gasteiger partial charge in [0.2, 0.25) is 0 Å². The summed E-state index contributed by atoms with van der Waals surface area (Å²) in [7, 11) is 3.93. The maximum absolute atomic E-state index is 5.85. The molecule has 0 bridgehead atoms. The second-order valence-corrected chi connectivity index (χ2v) is 6.42. The van der Waals surface area contributed by atoms with Gasteiger partial charge in [0.15, 0.2) is 5.96 Å². The van der Waals surface area contributed by atoms with Gasteiger partial charge in [-0.25, -0.2) is 0 Å². The van der Waals surface area contributed by atoms with Crippen molar-refractivity contribution in [3.05, 3.63) is 0 Å². The van der Waals surface area contributed by atoms with E-state index in [1.165, 1.54) is 0 Å². The highest BCUT2D eigenvalue weighted by atomic mass is 16.5. The average Bonchev–Trinajstić information content (AvgIpc) is 2.50. The van der Waals surface area contributed by atoms with Crippen LogP contribution in [0.4, 0.5) is 0 Å². The first-order valence-electron chi connectivity index (χ1n) is 8.52. The topological polar surface area (TPSA) is 52.1 Å². The highest BCUT2D eigenvalue weighted by Crippen LogP contribution is 2.07. The summed E-state index contributed by atoms with van der Waals surface area (Å²) in [6.45, 7) is 14.5. The standard InChI is InChI=1S/C16H35N5O/c1-6-20(5)8-7-18-16(17-4)19-11-15-13-21(9-10-22-15)12-14(2)3/h14-15H,6-13H2,1-5H3,(H2,17,18,19). The molecule has 1 unspecified atom stereocenters. The molecule has 1 fully saturated rings. The molecule has 22 heavy (non-hydrogen) atoms. The predicted molar refractivity (Wildman–Crippen MR) is 93.6 cm³/mol. The minimum Gasteiger partial charge on any atom is -0.374 e. The number of ether oxygens (including phenoxy) is 1. The fraction of sp³-hybridized carbons (Fsp3) is 0.938. The van der Waals surface area contributed by atoms with Gasteiger partial charge in [-0.1, -0.05) is 20.8 Å². The van der Waals surface area contributed by atoms with Gasteiger partial charge in [0.25, 0.3) is 0 Å². The second kappa shape index (κ2) is 10.8. The Morgan fingerprint density at radius 2 is 2.18 bits per heavy atom. The van der Waals surface area contributed by atoms with Crippen LogP contribution < -0.4 is 10.6 Å². The summed E-state index contributed by atoms with van der Waals surface area (Å²) >= 11 is 0. The zero-order valence-electron chi connectivity index (χ0n) is 15.1. The van der Waals surface area contributed by atoms with Crippen molar-refractivity contribution >= 4 is 5.96 Å². The van der Waals surface area contributed by atoms with Gasteiger partial charge in [-0.05, 0) is 19.5 Å². The van der Waals surface area contributed by atoms with E-state index in [0.717, 1.165) is 58.4 Å². The van der Waals surface area contributed by atoms with E-state index in [2.05, 4.69) is 53.2 Å². The molecule has 0 aromatic carbocycles. The molecule has 1 aliphatic heterocycles. The fourth-order valence-corrected chi connectivity index (χ4v) is 2.54. The van der Waals surface area contributed by atoms with E-state index in [-0.39, 0.29) is 6.10 Å². The zero-order chi connectivity index (χ0) is 16.4. The predicted octanol–water partition coefficient (Wildman–Crippen LogP) is 0.460. The largest absolute Gasteiger partial charge is 0.374 e. The molecule has 1 rings (SSSR count). The quantitative estimate of drug-likeness (QED) is 0.504. The molecule has 6 heteroatoms. The molecule has 1 atom stereocenters. The third-order valence-corrected chi connectivity index (χ3v) is 3.89. The summed E-state index contributed by atoms with van der Waals surface area (Å²) in [6, 6.07) is 0. The molecule has 1 saturated heterocycles. The highest BCUT2D eigenvalue weighted by Gasteiger charge is 2.20. The van der Waals surface area contributed by atoms with E-state index < -0.39 is 0 Å². The Bertz CT molecular complexity index is 322. The molecule has 0 aromatic rings. The maximum atomic E-state index is 5.85. The highest BCUT2D eigenvalue weighted by molar-refractivity contribution is 5.79. The minimum atomic E-state index is 0.240. The number of nitrogens with one attached hydrogen (secondary N) is 2. The van der Waals surface area contributed by atoms with Crippen LogP contribution >= 0.6 is 0 Å². The number of guanidine groups is 1. The Kier molecular flexibility index (Phi) is 9.43. The SMILES string of the molecule is CCN(C)CCNC(=NC)NCC1CN(CC(C)C)CCO1. The van der Waals surface area contributed by atoms with Crippen LogP contribution in [0, 0.1) is 5.92 Å². The Morgan fingerprint density at radius 3 is 2.82 bits per heavy atom. The molecule has 0 spiro atoms. The Hall–Kier alpha value is -0.850. The first-order valence-corrected chi connectivity index (χ1v) is 8.52. The van der Waals surface area contributed by atoms with Crippen molar-refractivity contribution in [2.45, 2.75) is 26.9 Å².